The summed E-state index contributed by atoms with van der Waals surface area (Å²) in [5.74, 6) is 0. The second-order valence-corrected chi connectivity index (χ2v) is 7.35. The molecule has 8 heteroatoms. The first-order chi connectivity index (χ1) is 11.5. The van der Waals surface area contributed by atoms with E-state index in [0.717, 1.165) is 22.4 Å². The van der Waals surface area contributed by atoms with Gasteiger partial charge in [0.05, 0.1) is 22.6 Å². The van der Waals surface area contributed by atoms with E-state index in [4.69, 9.17) is 11.6 Å². The van der Waals surface area contributed by atoms with E-state index < -0.39 is 10.2 Å². The predicted molar refractivity (Wildman–Crippen MR) is 93.4 cm³/mol. The van der Waals surface area contributed by atoms with E-state index in [-0.39, 0.29) is 6.54 Å². The molecule has 24 heavy (non-hydrogen) atoms. The molecule has 2 heterocycles. The van der Waals surface area contributed by atoms with Gasteiger partial charge in [-0.1, -0.05) is 41.9 Å². The second-order valence-electron chi connectivity index (χ2n) is 5.42. The van der Waals surface area contributed by atoms with Gasteiger partial charge in [-0.15, -0.1) is 0 Å². The van der Waals surface area contributed by atoms with E-state index in [9.17, 15) is 8.42 Å². The number of rotatable bonds is 2. The number of aromatic nitrogens is 2. The van der Waals surface area contributed by atoms with E-state index in [1.807, 2.05) is 42.5 Å². The minimum Gasteiger partial charge on any atom is -0.270 e. The molecule has 0 amide bonds. The molecular weight excluding hydrogens is 348 g/mol. The van der Waals surface area contributed by atoms with Gasteiger partial charge in [0, 0.05) is 18.3 Å². The smallest absolute Gasteiger partial charge is 0.270 e. The van der Waals surface area contributed by atoms with Crippen molar-refractivity contribution in [3.8, 4) is 16.8 Å². The van der Waals surface area contributed by atoms with Gasteiger partial charge in [0.15, 0.2) is 0 Å². The summed E-state index contributed by atoms with van der Waals surface area (Å²) in [4.78, 5) is 0. The van der Waals surface area contributed by atoms with Crippen molar-refractivity contribution in [2.24, 2.45) is 0 Å². The highest BCUT2D eigenvalue weighted by atomic mass is 35.5. The lowest BCUT2D eigenvalue weighted by Gasteiger charge is -2.22. The average Bonchev–Trinajstić information content (AvgIpc) is 3.00. The van der Waals surface area contributed by atoms with Crippen LogP contribution in [0.25, 0.3) is 16.8 Å². The Morgan fingerprint density at radius 1 is 1.12 bits per heavy atom. The third kappa shape index (κ3) is 2.77. The molecule has 3 aromatic rings. The summed E-state index contributed by atoms with van der Waals surface area (Å²) in [5.41, 5.74) is 4.15. The van der Waals surface area contributed by atoms with Crippen LogP contribution in [0, 0.1) is 0 Å². The van der Waals surface area contributed by atoms with Crippen LogP contribution in [-0.2, 0) is 16.8 Å². The van der Waals surface area contributed by atoms with Gasteiger partial charge in [-0.05, 0) is 23.3 Å². The topological polar surface area (TPSA) is 76.0 Å². The third-order valence-electron chi connectivity index (χ3n) is 3.83. The van der Waals surface area contributed by atoms with Gasteiger partial charge >= 0.3 is 0 Å². The van der Waals surface area contributed by atoms with Crippen molar-refractivity contribution in [2.45, 2.75) is 6.54 Å². The Bertz CT molecular complexity index is 1010. The molecule has 2 aromatic carbocycles. The van der Waals surface area contributed by atoms with Crippen molar-refractivity contribution >= 4 is 27.5 Å². The van der Waals surface area contributed by atoms with Crippen LogP contribution in [0.2, 0.25) is 5.02 Å². The molecule has 0 unspecified atom stereocenters. The van der Waals surface area contributed by atoms with E-state index >= 15 is 0 Å². The Balaban J connectivity index is 1.75. The summed E-state index contributed by atoms with van der Waals surface area (Å²) >= 11 is 5.89. The fourth-order valence-electron chi connectivity index (χ4n) is 2.69. The average molecular weight is 361 g/mol. The molecular formula is C16H13ClN4O2S. The summed E-state index contributed by atoms with van der Waals surface area (Å²) in [6, 6.07) is 13.4. The molecule has 1 aromatic heterocycles. The quantitative estimate of drug-likeness (QED) is 0.737. The predicted octanol–water partition coefficient (Wildman–Crippen LogP) is 2.95. The van der Waals surface area contributed by atoms with Crippen molar-refractivity contribution in [2.75, 3.05) is 4.72 Å². The van der Waals surface area contributed by atoms with Crippen molar-refractivity contribution < 1.29 is 8.42 Å². The molecule has 122 valence electrons. The lowest BCUT2D eigenvalue weighted by atomic mass is 10.00. The largest absolute Gasteiger partial charge is 0.299 e. The number of hydrogen-bond acceptors (Lipinski definition) is 3. The lowest BCUT2D eigenvalue weighted by molar-refractivity contribution is 0.584. The molecule has 0 fully saturated rings. The van der Waals surface area contributed by atoms with E-state index in [1.165, 1.54) is 0 Å². The molecule has 4 rings (SSSR count). The Labute approximate surface area is 144 Å². The highest BCUT2D eigenvalue weighted by Gasteiger charge is 2.22. The zero-order valence-electron chi connectivity index (χ0n) is 12.4. The van der Waals surface area contributed by atoms with Crippen molar-refractivity contribution in [1.29, 1.82) is 0 Å². The number of nitrogens with one attached hydrogen (secondary N) is 2. The van der Waals surface area contributed by atoms with Crippen LogP contribution in [0.3, 0.4) is 0 Å². The molecule has 0 spiro atoms. The molecule has 0 aliphatic carbocycles. The number of anilines is 1. The van der Waals surface area contributed by atoms with Crippen LogP contribution < -0.4 is 9.44 Å². The molecule has 2 N–H and O–H groups in total. The van der Waals surface area contributed by atoms with E-state index in [1.54, 1.807) is 17.1 Å². The van der Waals surface area contributed by atoms with Crippen molar-refractivity contribution in [3.05, 3.63) is 65.4 Å². The van der Waals surface area contributed by atoms with E-state index in [0.29, 0.717) is 10.7 Å². The molecule has 0 saturated heterocycles. The second kappa shape index (κ2) is 5.62. The molecule has 0 radical (unpaired) electrons. The Hall–Kier alpha value is -2.35. The maximum absolute atomic E-state index is 11.8. The normalized spacial score (nSPS) is 15.5. The van der Waals surface area contributed by atoms with Crippen molar-refractivity contribution in [1.82, 2.24) is 14.5 Å². The molecule has 0 bridgehead atoms. The van der Waals surface area contributed by atoms with E-state index in [2.05, 4.69) is 14.5 Å². The highest BCUT2D eigenvalue weighted by molar-refractivity contribution is 7.90. The number of fused-ring (bicyclic) bond motifs is 1. The minimum absolute atomic E-state index is 0.280. The number of para-hydroxylation sites is 1. The first-order valence-corrected chi connectivity index (χ1v) is 9.08. The molecule has 0 atom stereocenters. The summed E-state index contributed by atoms with van der Waals surface area (Å²) in [5, 5.41) is 4.73. The van der Waals surface area contributed by atoms with Crippen LogP contribution in [0.15, 0.2) is 54.9 Å². The summed E-state index contributed by atoms with van der Waals surface area (Å²) in [6.07, 6.45) is 3.30. The van der Waals surface area contributed by atoms with Gasteiger partial charge in [0.25, 0.3) is 10.2 Å². The number of benzene rings is 2. The molecule has 0 saturated carbocycles. The number of hydrogen-bond donors (Lipinski definition) is 2. The fraction of sp³-hybridized carbons (Fsp3) is 0.0625. The van der Waals surface area contributed by atoms with Crippen LogP contribution in [0.1, 0.15) is 5.56 Å². The Kier molecular flexibility index (Phi) is 3.56. The summed E-state index contributed by atoms with van der Waals surface area (Å²) in [7, 11) is -3.50. The first kappa shape index (κ1) is 15.2. The summed E-state index contributed by atoms with van der Waals surface area (Å²) in [6.45, 7) is 0.280. The fourth-order valence-corrected chi connectivity index (χ4v) is 3.75. The first-order valence-electron chi connectivity index (χ1n) is 7.22. The Morgan fingerprint density at radius 2 is 1.92 bits per heavy atom. The number of nitrogens with zero attached hydrogens (tertiary/aromatic N) is 2. The van der Waals surface area contributed by atoms with Crippen molar-refractivity contribution in [3.63, 3.8) is 0 Å². The lowest BCUT2D eigenvalue weighted by Crippen LogP contribution is -2.34. The Morgan fingerprint density at radius 3 is 2.62 bits per heavy atom. The maximum atomic E-state index is 11.8. The monoisotopic (exact) mass is 360 g/mol. The van der Waals surface area contributed by atoms with Gasteiger partial charge in [0.1, 0.15) is 0 Å². The molecule has 6 nitrogen and oxygen atoms in total. The van der Waals surface area contributed by atoms with Gasteiger partial charge in [-0.3, -0.25) is 4.72 Å². The minimum atomic E-state index is -3.50. The van der Waals surface area contributed by atoms with Gasteiger partial charge < -0.3 is 0 Å². The van der Waals surface area contributed by atoms with Crippen LogP contribution in [0.5, 0.6) is 0 Å². The molecule has 1 aliphatic rings. The zero-order chi connectivity index (χ0) is 16.7. The third-order valence-corrected chi connectivity index (χ3v) is 5.03. The van der Waals surface area contributed by atoms with Gasteiger partial charge in [-0.25, -0.2) is 4.68 Å². The summed E-state index contributed by atoms with van der Waals surface area (Å²) < 4.78 is 30.3. The van der Waals surface area contributed by atoms with Gasteiger partial charge in [-0.2, -0.15) is 18.2 Å². The van der Waals surface area contributed by atoms with Gasteiger partial charge in [0.2, 0.25) is 0 Å². The molecule has 1 aliphatic heterocycles. The zero-order valence-corrected chi connectivity index (χ0v) is 14.0. The SMILES string of the molecule is O=S1(=O)NCc2cccc(-c3ccc(-n4cc(Cl)cn4)cc3)c2N1. The standard InChI is InChI=1S/C16H13ClN4O2S/c17-13-9-18-21(10-13)14-6-4-11(5-7-14)15-3-1-2-12-8-19-24(22,23)20-16(12)15/h1-7,9-10,19-20H,8H2. The van der Waals surface area contributed by atoms with Crippen LogP contribution in [0.4, 0.5) is 5.69 Å². The maximum Gasteiger partial charge on any atom is 0.299 e. The van der Waals surface area contributed by atoms with Crippen LogP contribution in [-0.4, -0.2) is 18.2 Å². The highest BCUT2D eigenvalue weighted by Crippen LogP contribution is 2.34. The number of halogens is 1. The van der Waals surface area contributed by atoms with Crippen LogP contribution >= 0.6 is 11.6 Å².